The van der Waals surface area contributed by atoms with Gasteiger partial charge in [0.15, 0.2) is 0 Å². The van der Waals surface area contributed by atoms with Gasteiger partial charge >= 0.3 is 0 Å². The molecule has 2 amide bonds. The van der Waals surface area contributed by atoms with Gasteiger partial charge in [-0.25, -0.2) is 0 Å². The van der Waals surface area contributed by atoms with E-state index in [0.29, 0.717) is 26.2 Å². The summed E-state index contributed by atoms with van der Waals surface area (Å²) >= 11 is 0. The molecule has 0 spiro atoms. The molecule has 2 N–H and O–H groups in total. The van der Waals surface area contributed by atoms with Gasteiger partial charge in [0.05, 0.1) is 13.2 Å². The molecule has 6 nitrogen and oxygen atoms in total. The van der Waals surface area contributed by atoms with Crippen LogP contribution in [-0.2, 0) is 27.5 Å². The molecule has 0 aliphatic carbocycles. The van der Waals surface area contributed by atoms with Crippen LogP contribution in [-0.4, -0.2) is 42.5 Å². The third-order valence-electron chi connectivity index (χ3n) is 4.67. The first-order chi connectivity index (χ1) is 13.5. The van der Waals surface area contributed by atoms with Gasteiger partial charge in [-0.15, -0.1) is 0 Å². The first-order valence-corrected chi connectivity index (χ1v) is 9.55. The summed E-state index contributed by atoms with van der Waals surface area (Å²) in [5.74, 6) is -0.127. The predicted octanol–water partition coefficient (Wildman–Crippen LogP) is 2.47. The lowest BCUT2D eigenvalue weighted by Gasteiger charge is -2.26. The van der Waals surface area contributed by atoms with Crippen LogP contribution in [0, 0.1) is 6.92 Å². The lowest BCUT2D eigenvalue weighted by molar-refractivity contribution is -0.127. The number of ether oxygens (including phenoxy) is 1. The molecule has 1 saturated heterocycles. The van der Waals surface area contributed by atoms with Crippen molar-refractivity contribution in [3.63, 3.8) is 0 Å². The molecular weight excluding hydrogens is 354 g/mol. The maximum absolute atomic E-state index is 12.4. The number of hydrogen-bond donors (Lipinski definition) is 2. The molecule has 1 aliphatic rings. The molecule has 0 bridgehead atoms. The Morgan fingerprint density at radius 2 is 2.00 bits per heavy atom. The molecule has 0 radical (unpaired) electrons. The Kier molecular flexibility index (Phi) is 6.79. The van der Waals surface area contributed by atoms with Crippen molar-refractivity contribution < 1.29 is 14.3 Å². The third kappa shape index (κ3) is 5.90. The quantitative estimate of drug-likeness (QED) is 0.773. The second kappa shape index (κ2) is 9.48. The lowest BCUT2D eigenvalue weighted by atomic mass is 10.1. The molecule has 1 heterocycles. The minimum Gasteiger partial charge on any atom is -0.364 e. The van der Waals surface area contributed by atoms with Gasteiger partial charge in [-0.3, -0.25) is 14.5 Å². The van der Waals surface area contributed by atoms with Gasteiger partial charge in [0.2, 0.25) is 5.91 Å². The molecular formula is C22H27N3O3. The number of anilines is 1. The van der Waals surface area contributed by atoms with E-state index in [9.17, 15) is 9.59 Å². The van der Waals surface area contributed by atoms with Crippen molar-refractivity contribution in [2.45, 2.75) is 33.1 Å². The fraction of sp³-hybridized carbons (Fsp3) is 0.364. The Hall–Kier alpha value is -2.70. The SMILES string of the molecule is Cc1cccc(COC(C)C(=O)Nc2cccc(CN3CCNC(=O)C3)c2)c1. The van der Waals surface area contributed by atoms with Gasteiger partial charge in [0.1, 0.15) is 6.10 Å². The van der Waals surface area contributed by atoms with Crippen LogP contribution in [0.3, 0.4) is 0 Å². The van der Waals surface area contributed by atoms with Crippen molar-refractivity contribution >= 4 is 17.5 Å². The zero-order valence-corrected chi connectivity index (χ0v) is 16.4. The molecule has 3 rings (SSSR count). The topological polar surface area (TPSA) is 70.7 Å². The molecule has 0 aromatic heterocycles. The first-order valence-electron chi connectivity index (χ1n) is 9.55. The van der Waals surface area contributed by atoms with Gasteiger partial charge in [-0.1, -0.05) is 42.0 Å². The maximum atomic E-state index is 12.4. The summed E-state index contributed by atoms with van der Waals surface area (Å²) in [5, 5.41) is 5.74. The largest absolute Gasteiger partial charge is 0.364 e. The lowest BCUT2D eigenvalue weighted by Crippen LogP contribution is -2.47. The van der Waals surface area contributed by atoms with Crippen molar-refractivity contribution in [1.82, 2.24) is 10.2 Å². The number of carbonyl (C=O) groups excluding carboxylic acids is 2. The molecule has 0 saturated carbocycles. The number of hydrogen-bond acceptors (Lipinski definition) is 4. The number of benzene rings is 2. The van der Waals surface area contributed by atoms with E-state index in [1.165, 1.54) is 5.56 Å². The summed E-state index contributed by atoms with van der Waals surface area (Å²) in [6.45, 7) is 6.76. The Labute approximate surface area is 165 Å². The highest BCUT2D eigenvalue weighted by molar-refractivity contribution is 5.93. The molecule has 2 aromatic rings. The summed E-state index contributed by atoms with van der Waals surface area (Å²) in [4.78, 5) is 26.0. The van der Waals surface area contributed by atoms with E-state index in [1.807, 2.05) is 49.4 Å². The zero-order valence-electron chi connectivity index (χ0n) is 16.4. The van der Waals surface area contributed by atoms with Gasteiger partial charge in [0.25, 0.3) is 5.91 Å². The second-order valence-corrected chi connectivity index (χ2v) is 7.19. The van der Waals surface area contributed by atoms with Crippen molar-refractivity contribution in [1.29, 1.82) is 0 Å². The number of nitrogens with one attached hydrogen (secondary N) is 2. The fourth-order valence-corrected chi connectivity index (χ4v) is 3.17. The summed E-state index contributed by atoms with van der Waals surface area (Å²) in [7, 11) is 0. The average molecular weight is 381 g/mol. The van der Waals surface area contributed by atoms with Crippen LogP contribution >= 0.6 is 0 Å². The van der Waals surface area contributed by atoms with Crippen molar-refractivity contribution in [2.75, 3.05) is 25.0 Å². The molecule has 148 valence electrons. The smallest absolute Gasteiger partial charge is 0.253 e. The van der Waals surface area contributed by atoms with Crippen LogP contribution < -0.4 is 10.6 Å². The van der Waals surface area contributed by atoms with Gasteiger partial charge < -0.3 is 15.4 Å². The number of amides is 2. The van der Waals surface area contributed by atoms with Crippen LogP contribution in [0.25, 0.3) is 0 Å². The summed E-state index contributed by atoms with van der Waals surface area (Å²) in [6, 6.07) is 15.8. The normalized spacial score (nSPS) is 15.7. The number of carbonyl (C=O) groups is 2. The number of nitrogens with zero attached hydrogens (tertiary/aromatic N) is 1. The number of piperazine rings is 1. The Morgan fingerprint density at radius 1 is 1.21 bits per heavy atom. The summed E-state index contributed by atoms with van der Waals surface area (Å²) < 4.78 is 5.72. The highest BCUT2D eigenvalue weighted by atomic mass is 16.5. The van der Waals surface area contributed by atoms with Gasteiger partial charge in [-0.2, -0.15) is 0 Å². The molecule has 1 unspecified atom stereocenters. The highest BCUT2D eigenvalue weighted by Gasteiger charge is 2.17. The average Bonchev–Trinajstić information content (AvgIpc) is 2.66. The molecule has 6 heteroatoms. The van der Waals surface area contributed by atoms with Crippen molar-refractivity contribution in [2.24, 2.45) is 0 Å². The highest BCUT2D eigenvalue weighted by Crippen LogP contribution is 2.14. The van der Waals surface area contributed by atoms with Gasteiger partial charge in [0, 0.05) is 25.3 Å². The summed E-state index contributed by atoms with van der Waals surface area (Å²) in [6.07, 6.45) is -0.560. The van der Waals surface area contributed by atoms with E-state index in [1.54, 1.807) is 6.92 Å². The van der Waals surface area contributed by atoms with Crippen LogP contribution in [0.2, 0.25) is 0 Å². The van der Waals surface area contributed by atoms with Crippen LogP contribution in [0.4, 0.5) is 5.69 Å². The van der Waals surface area contributed by atoms with E-state index >= 15 is 0 Å². The van der Waals surface area contributed by atoms with Crippen LogP contribution in [0.15, 0.2) is 48.5 Å². The predicted molar refractivity (Wildman–Crippen MR) is 109 cm³/mol. The zero-order chi connectivity index (χ0) is 19.9. The van der Waals surface area contributed by atoms with Gasteiger partial charge in [-0.05, 0) is 37.1 Å². The molecule has 1 atom stereocenters. The Morgan fingerprint density at radius 3 is 2.79 bits per heavy atom. The number of rotatable bonds is 7. The molecule has 2 aromatic carbocycles. The second-order valence-electron chi connectivity index (χ2n) is 7.19. The Balaban J connectivity index is 1.52. The van der Waals surface area contributed by atoms with E-state index < -0.39 is 6.10 Å². The fourth-order valence-electron chi connectivity index (χ4n) is 3.17. The molecule has 1 aliphatic heterocycles. The summed E-state index contributed by atoms with van der Waals surface area (Å²) in [5.41, 5.74) is 4.00. The Bertz CT molecular complexity index is 837. The minimum absolute atomic E-state index is 0.0512. The molecule has 28 heavy (non-hydrogen) atoms. The van der Waals surface area contributed by atoms with Crippen LogP contribution in [0.1, 0.15) is 23.6 Å². The third-order valence-corrected chi connectivity index (χ3v) is 4.67. The van der Waals surface area contributed by atoms with E-state index in [0.717, 1.165) is 23.4 Å². The number of aryl methyl sites for hydroxylation is 1. The minimum atomic E-state index is -0.560. The van der Waals surface area contributed by atoms with Crippen LogP contribution in [0.5, 0.6) is 0 Å². The maximum Gasteiger partial charge on any atom is 0.253 e. The van der Waals surface area contributed by atoms with Crippen molar-refractivity contribution in [3.05, 3.63) is 65.2 Å². The molecule has 1 fully saturated rings. The van der Waals surface area contributed by atoms with E-state index in [-0.39, 0.29) is 11.8 Å². The van der Waals surface area contributed by atoms with E-state index in [2.05, 4.69) is 21.6 Å². The van der Waals surface area contributed by atoms with Crippen molar-refractivity contribution in [3.8, 4) is 0 Å². The van der Waals surface area contributed by atoms with E-state index in [4.69, 9.17) is 4.74 Å². The standard InChI is InChI=1S/C22H27N3O3/c1-16-5-3-7-19(11-16)15-28-17(2)22(27)24-20-8-4-6-18(12-20)13-25-10-9-23-21(26)14-25/h3-8,11-12,17H,9-10,13-15H2,1-2H3,(H,23,26)(H,24,27). The first kappa shape index (κ1) is 20.0. The monoisotopic (exact) mass is 381 g/mol.